The van der Waals surface area contributed by atoms with E-state index in [1.807, 2.05) is 0 Å². The van der Waals surface area contributed by atoms with Crippen molar-refractivity contribution in [2.45, 2.75) is 117 Å². The minimum Gasteiger partial charge on any atom is -0.393 e. The molecule has 25 heavy (non-hydrogen) atoms. The van der Waals surface area contributed by atoms with Crippen molar-refractivity contribution < 1.29 is 14.3 Å². The lowest BCUT2D eigenvalue weighted by atomic mass is 9.97. The molecule has 1 heterocycles. The Bertz CT molecular complexity index is 364. The van der Waals surface area contributed by atoms with Crippen molar-refractivity contribution in [1.29, 1.82) is 0 Å². The monoisotopic (exact) mass is 352 g/mol. The van der Waals surface area contributed by atoms with Gasteiger partial charge in [0.2, 0.25) is 0 Å². The summed E-state index contributed by atoms with van der Waals surface area (Å²) in [5.41, 5.74) is 0. The topological polar surface area (TPSA) is 43.4 Å². The predicted molar refractivity (Wildman–Crippen MR) is 103 cm³/mol. The molecule has 3 heteroatoms. The second-order valence-corrected chi connectivity index (χ2v) is 8.05. The molecule has 1 aliphatic rings. The lowest BCUT2D eigenvalue weighted by Crippen LogP contribution is -2.06. The van der Waals surface area contributed by atoms with Crippen LogP contribution in [0.3, 0.4) is 0 Å². The van der Waals surface area contributed by atoms with Crippen LogP contribution in [-0.4, -0.2) is 11.9 Å². The van der Waals surface area contributed by atoms with Gasteiger partial charge in [0.25, 0.3) is 0 Å². The Hall–Kier alpha value is -0.860. The highest BCUT2D eigenvalue weighted by molar-refractivity contribution is 5.94. The maximum atomic E-state index is 11.3. The zero-order chi connectivity index (χ0) is 18.3. The Morgan fingerprint density at radius 1 is 0.840 bits per heavy atom. The fourth-order valence-electron chi connectivity index (χ4n) is 3.85. The van der Waals surface area contributed by atoms with E-state index in [2.05, 4.69) is 18.6 Å². The van der Waals surface area contributed by atoms with Gasteiger partial charge in [-0.25, -0.2) is 0 Å². The van der Waals surface area contributed by atoms with Gasteiger partial charge in [-0.2, -0.15) is 0 Å². The minimum atomic E-state index is -0.342. The molecule has 0 radical (unpaired) electrons. The Morgan fingerprint density at radius 3 is 1.84 bits per heavy atom. The summed E-state index contributed by atoms with van der Waals surface area (Å²) in [6, 6.07) is 0. The van der Waals surface area contributed by atoms with E-state index in [-0.39, 0.29) is 17.9 Å². The molecule has 0 spiro atoms. The summed E-state index contributed by atoms with van der Waals surface area (Å²) in [5, 5.41) is 0. The van der Waals surface area contributed by atoms with E-state index in [9.17, 15) is 9.59 Å². The first-order valence-corrected chi connectivity index (χ1v) is 10.9. The summed E-state index contributed by atoms with van der Waals surface area (Å²) in [6.07, 6.45) is 19.8. The second kappa shape index (κ2) is 14.3. The number of ether oxygens (including phenoxy) is 1. The van der Waals surface area contributed by atoms with Crippen molar-refractivity contribution in [3.05, 3.63) is 0 Å². The van der Waals surface area contributed by atoms with E-state index in [0.717, 1.165) is 18.8 Å². The van der Waals surface area contributed by atoms with E-state index in [1.54, 1.807) is 0 Å². The Balaban J connectivity index is 1.76. The van der Waals surface area contributed by atoms with Gasteiger partial charge >= 0.3 is 11.9 Å². The largest absolute Gasteiger partial charge is 0.393 e. The molecule has 1 rings (SSSR count). The molecule has 0 aromatic rings. The molecule has 1 aliphatic heterocycles. The molecule has 3 nitrogen and oxygen atoms in total. The van der Waals surface area contributed by atoms with E-state index in [0.29, 0.717) is 6.42 Å². The molecule has 0 aromatic carbocycles. The van der Waals surface area contributed by atoms with Gasteiger partial charge in [0, 0.05) is 0 Å². The van der Waals surface area contributed by atoms with Gasteiger partial charge in [-0.1, -0.05) is 104 Å². The van der Waals surface area contributed by atoms with Crippen LogP contribution in [0.2, 0.25) is 0 Å². The van der Waals surface area contributed by atoms with Crippen LogP contribution in [-0.2, 0) is 14.3 Å². The smallest absolute Gasteiger partial charge is 0.317 e. The first-order chi connectivity index (χ1) is 12.1. The van der Waals surface area contributed by atoms with E-state index in [4.69, 9.17) is 0 Å². The molecule has 2 atom stereocenters. The molecule has 2 unspecified atom stereocenters. The highest BCUT2D eigenvalue weighted by Gasteiger charge is 2.32. The molecule has 0 saturated carbocycles. The van der Waals surface area contributed by atoms with Crippen LogP contribution in [0.25, 0.3) is 0 Å². The molecule has 1 fully saturated rings. The summed E-state index contributed by atoms with van der Waals surface area (Å²) in [5.74, 6) is 0.123. The quantitative estimate of drug-likeness (QED) is 0.179. The van der Waals surface area contributed by atoms with Gasteiger partial charge in [0.05, 0.1) is 12.3 Å². The van der Waals surface area contributed by atoms with Gasteiger partial charge in [0.1, 0.15) is 0 Å². The van der Waals surface area contributed by atoms with Gasteiger partial charge in [-0.05, 0) is 12.3 Å². The summed E-state index contributed by atoms with van der Waals surface area (Å²) in [6.45, 7) is 4.67. The van der Waals surface area contributed by atoms with Crippen molar-refractivity contribution in [3.63, 3.8) is 0 Å². The number of carbonyl (C=O) groups excluding carboxylic acids is 2. The minimum absolute atomic E-state index is 0.155. The number of carbonyl (C=O) groups is 2. The number of unbranched alkanes of at least 4 members (excludes halogenated alkanes) is 10. The van der Waals surface area contributed by atoms with Crippen LogP contribution >= 0.6 is 0 Å². The summed E-state index contributed by atoms with van der Waals surface area (Å²) >= 11 is 0. The van der Waals surface area contributed by atoms with Crippen LogP contribution < -0.4 is 0 Å². The number of hydrogen-bond donors (Lipinski definition) is 0. The number of cyclic esters (lactones) is 2. The molecule has 0 bridgehead atoms. The molecule has 0 aromatic heterocycles. The standard InChI is InChI=1S/C22H40O3/c1-3-15-19(2)16-13-11-9-7-5-4-6-8-10-12-14-17-20-18-21(23)25-22(20)24/h19-20H,3-18H2,1-2H3. The molecule has 146 valence electrons. The first-order valence-electron chi connectivity index (χ1n) is 10.9. The highest BCUT2D eigenvalue weighted by Crippen LogP contribution is 2.22. The molecule has 0 N–H and O–H groups in total. The van der Waals surface area contributed by atoms with Gasteiger partial charge in [0.15, 0.2) is 0 Å². The molecular formula is C22H40O3. The predicted octanol–water partition coefficient (Wildman–Crippen LogP) is 6.58. The number of esters is 2. The molecule has 1 saturated heterocycles. The average Bonchev–Trinajstić information content (AvgIpc) is 2.89. The zero-order valence-corrected chi connectivity index (χ0v) is 16.7. The van der Waals surface area contributed by atoms with Crippen LogP contribution in [0.1, 0.15) is 117 Å². The summed E-state index contributed by atoms with van der Waals surface area (Å²) in [4.78, 5) is 22.3. The lowest BCUT2D eigenvalue weighted by Gasteiger charge is -2.09. The van der Waals surface area contributed by atoms with Crippen molar-refractivity contribution in [2.75, 3.05) is 0 Å². The lowest BCUT2D eigenvalue weighted by molar-refractivity contribution is -0.153. The summed E-state index contributed by atoms with van der Waals surface area (Å²) < 4.78 is 4.58. The second-order valence-electron chi connectivity index (χ2n) is 8.05. The fraction of sp³-hybridized carbons (Fsp3) is 0.909. The summed E-state index contributed by atoms with van der Waals surface area (Å²) in [7, 11) is 0. The van der Waals surface area contributed by atoms with Gasteiger partial charge in [-0.3, -0.25) is 9.59 Å². The van der Waals surface area contributed by atoms with Crippen LogP contribution in [0.5, 0.6) is 0 Å². The Labute approximate surface area is 155 Å². The fourth-order valence-corrected chi connectivity index (χ4v) is 3.85. The third kappa shape index (κ3) is 11.4. The van der Waals surface area contributed by atoms with Crippen molar-refractivity contribution in [2.24, 2.45) is 11.8 Å². The normalized spacial score (nSPS) is 18.6. The Morgan fingerprint density at radius 2 is 1.36 bits per heavy atom. The van der Waals surface area contributed by atoms with E-state index < -0.39 is 0 Å². The zero-order valence-electron chi connectivity index (χ0n) is 16.7. The maximum Gasteiger partial charge on any atom is 0.317 e. The van der Waals surface area contributed by atoms with Gasteiger partial charge < -0.3 is 4.74 Å². The number of rotatable bonds is 16. The highest BCUT2D eigenvalue weighted by atomic mass is 16.6. The van der Waals surface area contributed by atoms with Crippen LogP contribution in [0, 0.1) is 11.8 Å². The molecular weight excluding hydrogens is 312 g/mol. The first kappa shape index (κ1) is 22.2. The van der Waals surface area contributed by atoms with E-state index >= 15 is 0 Å². The molecule has 0 amide bonds. The Kier molecular flexibility index (Phi) is 12.7. The van der Waals surface area contributed by atoms with Crippen LogP contribution in [0.4, 0.5) is 0 Å². The van der Waals surface area contributed by atoms with Crippen molar-refractivity contribution in [1.82, 2.24) is 0 Å². The van der Waals surface area contributed by atoms with Crippen molar-refractivity contribution >= 4 is 11.9 Å². The third-order valence-corrected chi connectivity index (χ3v) is 5.49. The molecule has 0 aliphatic carbocycles. The average molecular weight is 353 g/mol. The van der Waals surface area contributed by atoms with E-state index in [1.165, 1.54) is 83.5 Å². The maximum absolute atomic E-state index is 11.3. The number of hydrogen-bond acceptors (Lipinski definition) is 3. The van der Waals surface area contributed by atoms with Crippen LogP contribution in [0.15, 0.2) is 0 Å². The SMILES string of the molecule is CCCC(C)CCCCCCCCCCCCCC1CC(=O)OC1=O. The third-order valence-electron chi connectivity index (χ3n) is 5.49. The van der Waals surface area contributed by atoms with Gasteiger partial charge in [-0.15, -0.1) is 0 Å². The van der Waals surface area contributed by atoms with Crippen molar-refractivity contribution in [3.8, 4) is 0 Å².